The van der Waals surface area contributed by atoms with E-state index in [0.29, 0.717) is 0 Å². The molecule has 6 nitrogen and oxygen atoms in total. The van der Waals surface area contributed by atoms with Gasteiger partial charge in [0.05, 0.1) is 6.61 Å². The highest BCUT2D eigenvalue weighted by Crippen LogP contribution is 2.13. The zero-order valence-electron chi connectivity index (χ0n) is 8.31. The minimum absolute atomic E-state index is 0.147. The third-order valence-corrected chi connectivity index (χ3v) is 1.59. The largest absolute Gasteiger partial charge is 0.459 e. The van der Waals surface area contributed by atoms with Gasteiger partial charge in [-0.25, -0.2) is 4.79 Å². The number of methoxy groups -OCH3 is 1. The van der Waals surface area contributed by atoms with E-state index in [-0.39, 0.29) is 24.5 Å². The van der Waals surface area contributed by atoms with Gasteiger partial charge < -0.3 is 13.9 Å². The number of aromatic nitrogens is 2. The van der Waals surface area contributed by atoms with Crippen LogP contribution in [0.15, 0.2) is 4.42 Å². The summed E-state index contributed by atoms with van der Waals surface area (Å²) in [6.45, 7) is 3.71. The molecule has 0 amide bonds. The van der Waals surface area contributed by atoms with E-state index in [0.717, 1.165) is 0 Å². The van der Waals surface area contributed by atoms with Crippen LogP contribution in [-0.4, -0.2) is 29.9 Å². The van der Waals surface area contributed by atoms with Crippen molar-refractivity contribution in [3.8, 4) is 0 Å². The van der Waals surface area contributed by atoms with Gasteiger partial charge in [0.25, 0.3) is 0 Å². The van der Waals surface area contributed by atoms with Gasteiger partial charge >= 0.3 is 11.9 Å². The molecule has 0 aliphatic heterocycles. The van der Waals surface area contributed by atoms with Gasteiger partial charge in [-0.2, -0.15) is 0 Å². The third-order valence-electron chi connectivity index (χ3n) is 1.59. The molecule has 0 N–H and O–H groups in total. The maximum Gasteiger partial charge on any atom is 0.396 e. The normalized spacial score (nSPS) is 12.5. The molecule has 1 rings (SSSR count). The fourth-order valence-electron chi connectivity index (χ4n) is 0.775. The van der Waals surface area contributed by atoms with E-state index in [1.807, 2.05) is 0 Å². The van der Waals surface area contributed by atoms with Crippen molar-refractivity contribution in [2.45, 2.75) is 20.0 Å². The fourth-order valence-corrected chi connectivity index (χ4v) is 0.775. The summed E-state index contributed by atoms with van der Waals surface area (Å²) >= 11 is 0. The molecular weight excluding hydrogens is 188 g/mol. The minimum Gasteiger partial charge on any atom is -0.459 e. The average molecular weight is 200 g/mol. The second-order valence-corrected chi connectivity index (χ2v) is 2.54. The Morgan fingerprint density at radius 1 is 1.57 bits per heavy atom. The Morgan fingerprint density at radius 2 is 2.29 bits per heavy atom. The van der Waals surface area contributed by atoms with Gasteiger partial charge in [0.15, 0.2) is 0 Å². The van der Waals surface area contributed by atoms with Crippen molar-refractivity contribution in [3.05, 3.63) is 11.8 Å². The minimum atomic E-state index is -0.616. The topological polar surface area (TPSA) is 74.5 Å². The molecule has 0 fully saturated rings. The number of carbonyl (C=O) groups excluding carboxylic acids is 1. The second kappa shape index (κ2) is 4.71. The van der Waals surface area contributed by atoms with Crippen LogP contribution in [0.3, 0.4) is 0 Å². The first-order chi connectivity index (χ1) is 6.69. The first-order valence-electron chi connectivity index (χ1n) is 4.22. The van der Waals surface area contributed by atoms with Crippen LogP contribution in [0.2, 0.25) is 0 Å². The molecule has 14 heavy (non-hydrogen) atoms. The van der Waals surface area contributed by atoms with Crippen LogP contribution in [0.1, 0.15) is 36.5 Å². The van der Waals surface area contributed by atoms with Gasteiger partial charge in [0.1, 0.15) is 6.10 Å². The van der Waals surface area contributed by atoms with Crippen molar-refractivity contribution in [1.82, 2.24) is 10.2 Å². The van der Waals surface area contributed by atoms with Crippen LogP contribution in [0.25, 0.3) is 0 Å². The van der Waals surface area contributed by atoms with E-state index in [1.165, 1.54) is 7.11 Å². The van der Waals surface area contributed by atoms with Gasteiger partial charge in [0, 0.05) is 7.11 Å². The van der Waals surface area contributed by atoms with E-state index in [2.05, 4.69) is 14.9 Å². The molecule has 0 aromatic carbocycles. The first-order valence-corrected chi connectivity index (χ1v) is 4.22. The number of esters is 1. The summed E-state index contributed by atoms with van der Waals surface area (Å²) in [6, 6.07) is 0. The van der Waals surface area contributed by atoms with Crippen molar-refractivity contribution in [2.75, 3.05) is 13.7 Å². The number of ether oxygens (including phenoxy) is 2. The molecule has 0 aliphatic rings. The van der Waals surface area contributed by atoms with Crippen LogP contribution >= 0.6 is 0 Å². The molecule has 0 bridgehead atoms. The molecule has 0 spiro atoms. The van der Waals surface area contributed by atoms with Gasteiger partial charge in [-0.3, -0.25) is 0 Å². The lowest BCUT2D eigenvalue weighted by molar-refractivity contribution is 0.0464. The molecule has 6 heteroatoms. The Balaban J connectivity index is 2.72. The van der Waals surface area contributed by atoms with E-state index in [4.69, 9.17) is 9.15 Å². The van der Waals surface area contributed by atoms with Crippen molar-refractivity contribution in [3.63, 3.8) is 0 Å². The molecule has 1 atom stereocenters. The average Bonchev–Trinajstić information content (AvgIpc) is 2.66. The quantitative estimate of drug-likeness (QED) is 0.674. The first kappa shape index (κ1) is 10.6. The van der Waals surface area contributed by atoms with E-state index < -0.39 is 5.97 Å². The summed E-state index contributed by atoms with van der Waals surface area (Å²) in [7, 11) is 1.51. The lowest BCUT2D eigenvalue weighted by Gasteiger charge is -2.01. The number of carbonyl (C=O) groups is 1. The maximum atomic E-state index is 11.1. The lowest BCUT2D eigenvalue weighted by atomic mass is 10.4. The highest BCUT2D eigenvalue weighted by Gasteiger charge is 2.18. The van der Waals surface area contributed by atoms with E-state index in [9.17, 15) is 4.79 Å². The monoisotopic (exact) mass is 200 g/mol. The molecule has 0 saturated carbocycles. The summed E-state index contributed by atoms with van der Waals surface area (Å²) in [4.78, 5) is 11.1. The Bertz CT molecular complexity index is 310. The number of hydrogen-bond donors (Lipinski definition) is 0. The summed E-state index contributed by atoms with van der Waals surface area (Å²) < 4.78 is 14.6. The van der Waals surface area contributed by atoms with Crippen LogP contribution in [0.5, 0.6) is 0 Å². The lowest BCUT2D eigenvalue weighted by Crippen LogP contribution is -2.04. The smallest absolute Gasteiger partial charge is 0.396 e. The van der Waals surface area contributed by atoms with Crippen LogP contribution in [-0.2, 0) is 9.47 Å². The van der Waals surface area contributed by atoms with Crippen molar-refractivity contribution in [2.24, 2.45) is 0 Å². The predicted molar refractivity (Wildman–Crippen MR) is 45.7 cm³/mol. The molecule has 78 valence electrons. The zero-order chi connectivity index (χ0) is 10.6. The summed E-state index contributed by atoms with van der Waals surface area (Å²) in [5, 5.41) is 7.18. The molecule has 0 radical (unpaired) electrons. The summed E-state index contributed by atoms with van der Waals surface area (Å²) in [5.74, 6) is -0.504. The van der Waals surface area contributed by atoms with Gasteiger partial charge in [0.2, 0.25) is 5.89 Å². The maximum absolute atomic E-state index is 11.1. The number of hydrogen-bond acceptors (Lipinski definition) is 6. The standard InChI is InChI=1S/C8H12N2O4/c1-4-13-8(11)7-10-9-6(14-7)5(2)12-3/h5H,4H2,1-3H3. The predicted octanol–water partition coefficient (Wildman–Crippen LogP) is 0.954. The third kappa shape index (κ3) is 2.29. The molecule has 1 heterocycles. The van der Waals surface area contributed by atoms with Crippen molar-refractivity contribution in [1.29, 1.82) is 0 Å². The second-order valence-electron chi connectivity index (χ2n) is 2.54. The number of nitrogens with zero attached hydrogens (tertiary/aromatic N) is 2. The van der Waals surface area contributed by atoms with Crippen LogP contribution < -0.4 is 0 Å². The molecule has 1 unspecified atom stereocenters. The highest BCUT2D eigenvalue weighted by atomic mass is 16.5. The molecule has 1 aromatic rings. The Hall–Kier alpha value is -1.43. The Kier molecular flexibility index (Phi) is 3.58. The Labute approximate surface area is 81.2 Å². The fraction of sp³-hybridized carbons (Fsp3) is 0.625. The highest BCUT2D eigenvalue weighted by molar-refractivity contribution is 5.83. The van der Waals surface area contributed by atoms with Crippen molar-refractivity contribution < 1.29 is 18.7 Å². The summed E-state index contributed by atoms with van der Waals surface area (Å²) in [5.41, 5.74) is 0. The molecule has 0 aliphatic carbocycles. The van der Waals surface area contributed by atoms with Gasteiger partial charge in [-0.05, 0) is 13.8 Å². The van der Waals surface area contributed by atoms with Crippen LogP contribution in [0, 0.1) is 0 Å². The van der Waals surface area contributed by atoms with E-state index in [1.54, 1.807) is 13.8 Å². The molecular formula is C8H12N2O4. The van der Waals surface area contributed by atoms with Crippen molar-refractivity contribution >= 4 is 5.97 Å². The molecule has 1 aromatic heterocycles. The van der Waals surface area contributed by atoms with Gasteiger partial charge in [-0.15, -0.1) is 10.2 Å². The number of rotatable bonds is 4. The van der Waals surface area contributed by atoms with E-state index >= 15 is 0 Å². The summed E-state index contributed by atoms with van der Waals surface area (Å²) in [6.07, 6.45) is -0.328. The zero-order valence-corrected chi connectivity index (χ0v) is 8.31. The Morgan fingerprint density at radius 3 is 2.86 bits per heavy atom. The van der Waals surface area contributed by atoms with Gasteiger partial charge in [-0.1, -0.05) is 0 Å². The van der Waals surface area contributed by atoms with Crippen LogP contribution in [0.4, 0.5) is 0 Å². The SMILES string of the molecule is CCOC(=O)c1nnc(C(C)OC)o1. The molecule has 0 saturated heterocycles.